The number of carbonyl (C=O) groups excluding carboxylic acids is 4. The van der Waals surface area contributed by atoms with Crippen LogP contribution in [0.1, 0.15) is 72.9 Å². The van der Waals surface area contributed by atoms with Crippen LogP contribution in [0.2, 0.25) is 0 Å². The molecule has 0 aliphatic rings. The largest absolute Gasteiger partial charge is 0.467 e. The number of ether oxygens (including phenoxy) is 3. The third kappa shape index (κ3) is 14.2. The molecule has 1 aromatic heterocycles. The predicted octanol–water partition coefficient (Wildman–Crippen LogP) is 1.84. The Morgan fingerprint density at radius 1 is 1.03 bits per heavy atom. The van der Waals surface area contributed by atoms with E-state index < -0.39 is 41.3 Å². The third-order valence-electron chi connectivity index (χ3n) is 4.83. The van der Waals surface area contributed by atoms with Crippen LogP contribution >= 0.6 is 0 Å². The lowest BCUT2D eigenvalue weighted by molar-refractivity contribution is -0.156. The number of esters is 2. The first-order chi connectivity index (χ1) is 17.1. The number of nitrogens with one attached hydrogen (secondary N) is 2. The quantitative estimate of drug-likeness (QED) is 0.198. The number of nitrogens with zero attached hydrogens (tertiary/aromatic N) is 2. The van der Waals surface area contributed by atoms with Gasteiger partial charge in [-0.3, -0.25) is 9.59 Å². The zero-order chi connectivity index (χ0) is 28.2. The van der Waals surface area contributed by atoms with E-state index in [0.29, 0.717) is 18.8 Å². The minimum Gasteiger partial charge on any atom is -0.467 e. The molecule has 4 N–H and O–H groups in total. The highest BCUT2D eigenvalue weighted by atomic mass is 16.6. The summed E-state index contributed by atoms with van der Waals surface area (Å²) in [5, 5.41) is 5.35. The topological polar surface area (TPSA) is 164 Å². The lowest BCUT2D eigenvalue weighted by Gasteiger charge is -2.22. The minimum atomic E-state index is -0.929. The average Bonchev–Trinajstić information content (AvgIpc) is 3.20. The number of nitrogens with two attached hydrogens (primary N) is 1. The van der Waals surface area contributed by atoms with E-state index in [1.165, 1.54) is 7.11 Å². The molecule has 0 unspecified atom stereocenters. The summed E-state index contributed by atoms with van der Waals surface area (Å²) >= 11 is 0. The van der Waals surface area contributed by atoms with Crippen LogP contribution < -0.4 is 16.4 Å². The molecule has 0 spiro atoms. The SMILES string of the molecule is COC(=O)[C@H](Cc1cn(CCCCNC(=O)CC[C@H](N)C(=O)OC(C)(C)C)cn1)NC(=O)OC(C)(C)C. The number of hydrogen-bond acceptors (Lipinski definition) is 9. The van der Waals surface area contributed by atoms with Crippen LogP contribution in [0, 0.1) is 0 Å². The Kier molecular flexibility index (Phi) is 12.5. The number of methoxy groups -OCH3 is 1. The highest BCUT2D eigenvalue weighted by molar-refractivity contribution is 5.81. The summed E-state index contributed by atoms with van der Waals surface area (Å²) in [7, 11) is 1.25. The van der Waals surface area contributed by atoms with Gasteiger partial charge in [0.25, 0.3) is 0 Å². The summed E-state index contributed by atoms with van der Waals surface area (Å²) < 4.78 is 17.1. The van der Waals surface area contributed by atoms with E-state index in [1.54, 1.807) is 54.1 Å². The molecule has 1 aromatic rings. The molecule has 210 valence electrons. The second-order valence-corrected chi connectivity index (χ2v) is 10.8. The molecule has 12 nitrogen and oxygen atoms in total. The van der Waals surface area contributed by atoms with Crippen LogP contribution in [-0.2, 0) is 41.6 Å². The smallest absolute Gasteiger partial charge is 0.408 e. The van der Waals surface area contributed by atoms with Crippen molar-refractivity contribution in [2.24, 2.45) is 5.73 Å². The van der Waals surface area contributed by atoms with Crippen LogP contribution in [-0.4, -0.2) is 70.4 Å². The van der Waals surface area contributed by atoms with Crippen molar-refractivity contribution >= 4 is 23.9 Å². The monoisotopic (exact) mass is 525 g/mol. The zero-order valence-electron chi connectivity index (χ0n) is 23.1. The second kappa shape index (κ2) is 14.6. The maximum Gasteiger partial charge on any atom is 0.408 e. The summed E-state index contributed by atoms with van der Waals surface area (Å²) in [6.07, 6.45) is 4.76. The Morgan fingerprint density at radius 3 is 2.27 bits per heavy atom. The highest BCUT2D eigenvalue weighted by Gasteiger charge is 2.26. The predicted molar refractivity (Wildman–Crippen MR) is 136 cm³/mol. The van der Waals surface area contributed by atoms with Gasteiger partial charge >= 0.3 is 18.0 Å². The first-order valence-corrected chi connectivity index (χ1v) is 12.4. The number of alkyl carbamates (subject to hydrolysis) is 1. The van der Waals surface area contributed by atoms with E-state index in [0.717, 1.165) is 12.8 Å². The van der Waals surface area contributed by atoms with Gasteiger partial charge in [0.1, 0.15) is 23.3 Å². The summed E-state index contributed by atoms with van der Waals surface area (Å²) in [4.78, 5) is 52.4. The van der Waals surface area contributed by atoms with Gasteiger partial charge in [-0.2, -0.15) is 0 Å². The van der Waals surface area contributed by atoms with Crippen LogP contribution in [0.3, 0.4) is 0 Å². The van der Waals surface area contributed by atoms with Gasteiger partial charge in [0.15, 0.2) is 0 Å². The van der Waals surface area contributed by atoms with E-state index in [4.69, 9.17) is 19.9 Å². The van der Waals surface area contributed by atoms with Crippen molar-refractivity contribution < 1.29 is 33.4 Å². The van der Waals surface area contributed by atoms with Gasteiger partial charge in [0.05, 0.1) is 19.1 Å². The lowest BCUT2D eigenvalue weighted by atomic mass is 10.1. The second-order valence-electron chi connectivity index (χ2n) is 10.8. The average molecular weight is 526 g/mol. The summed E-state index contributed by atoms with van der Waals surface area (Å²) in [5.74, 6) is -1.28. The fourth-order valence-corrected chi connectivity index (χ4v) is 3.15. The molecule has 2 amide bonds. The zero-order valence-corrected chi connectivity index (χ0v) is 23.1. The fourth-order valence-electron chi connectivity index (χ4n) is 3.15. The van der Waals surface area contributed by atoms with E-state index in [1.807, 2.05) is 4.57 Å². The molecule has 37 heavy (non-hydrogen) atoms. The van der Waals surface area contributed by atoms with Gasteiger partial charge in [-0.25, -0.2) is 14.6 Å². The number of aryl methyl sites for hydroxylation is 1. The summed E-state index contributed by atoms with van der Waals surface area (Å²) in [6, 6.07) is -1.76. The van der Waals surface area contributed by atoms with E-state index >= 15 is 0 Å². The van der Waals surface area contributed by atoms with Gasteiger partial charge in [-0.15, -0.1) is 0 Å². The first-order valence-electron chi connectivity index (χ1n) is 12.4. The highest BCUT2D eigenvalue weighted by Crippen LogP contribution is 2.10. The molecule has 2 atom stereocenters. The van der Waals surface area contributed by atoms with Gasteiger partial charge in [0, 0.05) is 32.1 Å². The lowest BCUT2D eigenvalue weighted by Crippen LogP contribution is -2.45. The molecule has 0 radical (unpaired) electrons. The van der Waals surface area contributed by atoms with Crippen LogP contribution in [0.5, 0.6) is 0 Å². The Labute approximate surface area is 219 Å². The van der Waals surface area contributed by atoms with Crippen molar-refractivity contribution in [3.8, 4) is 0 Å². The summed E-state index contributed by atoms with van der Waals surface area (Å²) in [6.45, 7) is 11.6. The van der Waals surface area contributed by atoms with Crippen molar-refractivity contribution in [1.82, 2.24) is 20.2 Å². The van der Waals surface area contributed by atoms with Crippen LogP contribution in [0.15, 0.2) is 12.5 Å². The number of unbranched alkanes of at least 4 members (excludes halogenated alkanes) is 1. The Bertz CT molecular complexity index is 902. The minimum absolute atomic E-state index is 0.143. The molecular formula is C25H43N5O7. The summed E-state index contributed by atoms with van der Waals surface area (Å²) in [5.41, 5.74) is 5.10. The number of imidazole rings is 1. The molecule has 1 heterocycles. The van der Waals surface area contributed by atoms with Gasteiger partial charge in [0.2, 0.25) is 5.91 Å². The number of rotatable bonds is 13. The third-order valence-corrected chi connectivity index (χ3v) is 4.83. The molecule has 0 bridgehead atoms. The molecule has 0 aliphatic heterocycles. The molecule has 12 heteroatoms. The number of aromatic nitrogens is 2. The Hall–Kier alpha value is -3.15. The number of hydrogen-bond donors (Lipinski definition) is 3. The van der Waals surface area contributed by atoms with Crippen LogP contribution in [0.25, 0.3) is 0 Å². The molecule has 0 saturated carbocycles. The first kappa shape index (κ1) is 31.9. The van der Waals surface area contributed by atoms with Crippen molar-refractivity contribution in [2.75, 3.05) is 13.7 Å². The normalized spacial score (nSPS) is 13.3. The standard InChI is InChI=1S/C25H43N5O7/c1-24(2,3)36-21(32)18(26)10-11-20(31)27-12-8-9-13-30-15-17(28-16-30)14-19(22(33)35-7)29-23(34)37-25(4,5)6/h15-16,18-19H,8-14,26H2,1-7H3,(H,27,31)(H,29,34)/t18-,19-/m0/s1. The van der Waals surface area contributed by atoms with Crippen LogP contribution in [0.4, 0.5) is 4.79 Å². The Balaban J connectivity index is 2.38. The van der Waals surface area contributed by atoms with E-state index in [2.05, 4.69) is 15.6 Å². The number of amides is 2. The maximum atomic E-state index is 12.1. The van der Waals surface area contributed by atoms with Crippen molar-refractivity contribution in [3.05, 3.63) is 18.2 Å². The van der Waals surface area contributed by atoms with Crippen molar-refractivity contribution in [1.29, 1.82) is 0 Å². The molecule has 0 saturated heterocycles. The van der Waals surface area contributed by atoms with Crippen molar-refractivity contribution in [3.63, 3.8) is 0 Å². The molecule has 0 fully saturated rings. The molecule has 0 aromatic carbocycles. The number of carbonyl (C=O) groups is 4. The Morgan fingerprint density at radius 2 is 1.68 bits per heavy atom. The van der Waals surface area contributed by atoms with E-state index in [-0.39, 0.29) is 25.2 Å². The fraction of sp³-hybridized carbons (Fsp3) is 0.720. The van der Waals surface area contributed by atoms with E-state index in [9.17, 15) is 19.2 Å². The van der Waals surface area contributed by atoms with Crippen molar-refractivity contribution in [2.45, 2.75) is 103 Å². The van der Waals surface area contributed by atoms with Gasteiger partial charge in [-0.05, 0) is 60.8 Å². The van der Waals surface area contributed by atoms with Gasteiger partial charge in [-0.1, -0.05) is 0 Å². The molecule has 0 aliphatic carbocycles. The molecular weight excluding hydrogens is 482 g/mol. The molecule has 1 rings (SSSR count). The van der Waals surface area contributed by atoms with Gasteiger partial charge < -0.3 is 35.1 Å². The maximum absolute atomic E-state index is 12.1.